The summed E-state index contributed by atoms with van der Waals surface area (Å²) in [7, 11) is 0. The molecule has 1 saturated heterocycles. The van der Waals surface area contributed by atoms with Crippen molar-refractivity contribution in [3.63, 3.8) is 0 Å². The monoisotopic (exact) mass is 555 g/mol. The zero-order valence-corrected chi connectivity index (χ0v) is 23.6. The molecule has 4 aromatic rings. The highest BCUT2D eigenvalue weighted by Crippen LogP contribution is 2.25. The number of nitrogens with two attached hydrogens (primary N) is 1. The number of anilines is 5. The zero-order valence-electron chi connectivity index (χ0n) is 23.6. The number of unbranched alkanes of at least 4 members (excludes halogenated alkanes) is 2. The Kier molecular flexibility index (Phi) is 8.73. The number of aromatic nitrogens is 4. The number of rotatable bonds is 13. The summed E-state index contributed by atoms with van der Waals surface area (Å²) in [6.45, 7) is 7.76. The van der Waals surface area contributed by atoms with E-state index in [4.69, 9.17) is 15.7 Å². The van der Waals surface area contributed by atoms with Gasteiger partial charge >= 0.3 is 0 Å². The van der Waals surface area contributed by atoms with Gasteiger partial charge in [-0.25, -0.2) is 0 Å². The Bertz CT molecular complexity index is 1510. The number of hydrogen-bond acceptors (Lipinski definition) is 9. The molecule has 0 radical (unpaired) electrons. The summed E-state index contributed by atoms with van der Waals surface area (Å²) < 4.78 is 1.66. The SMILES string of the molecule is CCN(CC)C1CN(C(=O)c2cccc(Nc3nc(Nc4cccc(N)c4)nc4c(CCCCC=O)cnn34)c2)C1. The van der Waals surface area contributed by atoms with Crippen molar-refractivity contribution in [2.75, 3.05) is 42.5 Å². The number of likely N-dealkylation sites (tertiary alicyclic amines) is 1. The van der Waals surface area contributed by atoms with Crippen molar-refractivity contribution in [3.8, 4) is 0 Å². The number of aryl methyl sites for hydroxylation is 1. The van der Waals surface area contributed by atoms with Gasteiger partial charge in [0, 0.05) is 53.7 Å². The molecule has 2 aromatic carbocycles. The van der Waals surface area contributed by atoms with E-state index in [9.17, 15) is 9.59 Å². The van der Waals surface area contributed by atoms with Crippen LogP contribution in [0.3, 0.4) is 0 Å². The maximum absolute atomic E-state index is 13.2. The number of likely N-dealkylation sites (N-methyl/N-ethyl adjacent to an activating group) is 1. The Hall–Kier alpha value is -4.51. The highest BCUT2D eigenvalue weighted by Gasteiger charge is 2.34. The molecule has 4 N–H and O–H groups in total. The number of carbonyl (C=O) groups is 2. The molecule has 5 rings (SSSR count). The normalized spacial score (nSPS) is 13.4. The lowest BCUT2D eigenvalue weighted by Crippen LogP contribution is -2.60. The van der Waals surface area contributed by atoms with Crippen molar-refractivity contribution in [3.05, 3.63) is 65.9 Å². The second-order valence-electron chi connectivity index (χ2n) is 10.2. The lowest BCUT2D eigenvalue weighted by atomic mass is 10.0. The van der Waals surface area contributed by atoms with Crippen LogP contribution in [0.2, 0.25) is 0 Å². The van der Waals surface area contributed by atoms with Crippen LogP contribution in [0, 0.1) is 0 Å². The van der Waals surface area contributed by atoms with Crippen LogP contribution in [-0.2, 0) is 11.2 Å². The van der Waals surface area contributed by atoms with Crippen molar-refractivity contribution in [2.24, 2.45) is 0 Å². The molecular formula is C30H37N9O2. The highest BCUT2D eigenvalue weighted by molar-refractivity contribution is 5.95. The van der Waals surface area contributed by atoms with Gasteiger partial charge < -0.3 is 26.1 Å². The van der Waals surface area contributed by atoms with E-state index in [0.717, 1.165) is 68.7 Å². The molecule has 1 amide bonds. The molecule has 3 heterocycles. The van der Waals surface area contributed by atoms with Crippen LogP contribution in [0.15, 0.2) is 54.7 Å². The Balaban J connectivity index is 1.39. The smallest absolute Gasteiger partial charge is 0.254 e. The number of nitrogens with zero attached hydrogens (tertiary/aromatic N) is 6. The van der Waals surface area contributed by atoms with Crippen LogP contribution in [0.1, 0.15) is 49.0 Å². The molecule has 1 aliphatic heterocycles. The Morgan fingerprint density at radius 3 is 2.54 bits per heavy atom. The first-order chi connectivity index (χ1) is 20.0. The number of amides is 1. The molecule has 0 unspecified atom stereocenters. The summed E-state index contributed by atoms with van der Waals surface area (Å²) >= 11 is 0. The average molecular weight is 556 g/mol. The minimum absolute atomic E-state index is 0.0191. The summed E-state index contributed by atoms with van der Waals surface area (Å²) in [5, 5.41) is 11.2. The van der Waals surface area contributed by atoms with Crippen LogP contribution >= 0.6 is 0 Å². The molecule has 11 nitrogen and oxygen atoms in total. The van der Waals surface area contributed by atoms with Crippen molar-refractivity contribution in [2.45, 2.75) is 45.6 Å². The average Bonchev–Trinajstić information content (AvgIpc) is 3.35. The third-order valence-electron chi connectivity index (χ3n) is 7.45. The van der Waals surface area contributed by atoms with Crippen LogP contribution in [0.25, 0.3) is 5.65 Å². The van der Waals surface area contributed by atoms with Gasteiger partial charge in [-0.2, -0.15) is 19.6 Å². The summed E-state index contributed by atoms with van der Waals surface area (Å²) in [5.74, 6) is 0.858. The summed E-state index contributed by atoms with van der Waals surface area (Å²) in [6.07, 6.45) is 5.65. The van der Waals surface area contributed by atoms with E-state index in [0.29, 0.717) is 41.3 Å². The first-order valence-electron chi connectivity index (χ1n) is 14.2. The molecule has 1 fully saturated rings. The van der Waals surface area contributed by atoms with Crippen molar-refractivity contribution >= 4 is 46.8 Å². The number of benzene rings is 2. The second kappa shape index (κ2) is 12.8. The third kappa shape index (κ3) is 6.46. The Morgan fingerprint density at radius 1 is 1.05 bits per heavy atom. The lowest BCUT2D eigenvalue weighted by Gasteiger charge is -2.45. The Morgan fingerprint density at radius 2 is 1.80 bits per heavy atom. The van der Waals surface area contributed by atoms with E-state index in [1.807, 2.05) is 53.4 Å². The first kappa shape index (κ1) is 28.0. The van der Waals surface area contributed by atoms with Crippen LogP contribution in [-0.4, -0.2) is 73.8 Å². The third-order valence-corrected chi connectivity index (χ3v) is 7.45. The minimum atomic E-state index is 0.0191. The largest absolute Gasteiger partial charge is 0.399 e. The predicted octanol–water partition coefficient (Wildman–Crippen LogP) is 4.27. The number of carbonyl (C=O) groups excluding carboxylic acids is 2. The van der Waals surface area contributed by atoms with E-state index in [2.05, 4.69) is 34.5 Å². The fourth-order valence-electron chi connectivity index (χ4n) is 5.16. The van der Waals surface area contributed by atoms with E-state index in [1.165, 1.54) is 0 Å². The Labute approximate surface area is 239 Å². The van der Waals surface area contributed by atoms with Crippen molar-refractivity contribution in [1.82, 2.24) is 29.4 Å². The van der Waals surface area contributed by atoms with Gasteiger partial charge in [0.15, 0.2) is 5.65 Å². The fourth-order valence-corrected chi connectivity index (χ4v) is 5.16. The molecular weight excluding hydrogens is 518 g/mol. The first-order valence-corrected chi connectivity index (χ1v) is 14.2. The van der Waals surface area contributed by atoms with Gasteiger partial charge in [-0.3, -0.25) is 9.69 Å². The lowest BCUT2D eigenvalue weighted by molar-refractivity contribution is -0.107. The van der Waals surface area contributed by atoms with E-state index in [1.54, 1.807) is 10.7 Å². The number of fused-ring (bicyclic) bond motifs is 1. The van der Waals surface area contributed by atoms with Gasteiger partial charge in [0.25, 0.3) is 5.91 Å². The predicted molar refractivity (Wildman–Crippen MR) is 161 cm³/mol. The number of hydrogen-bond donors (Lipinski definition) is 3. The van der Waals surface area contributed by atoms with Crippen LogP contribution < -0.4 is 16.4 Å². The van der Waals surface area contributed by atoms with Gasteiger partial charge in [0.05, 0.1) is 6.20 Å². The molecule has 0 saturated carbocycles. The maximum atomic E-state index is 13.2. The van der Waals surface area contributed by atoms with Crippen LogP contribution in [0.4, 0.5) is 29.0 Å². The van der Waals surface area contributed by atoms with Gasteiger partial charge in [0.1, 0.15) is 6.29 Å². The van der Waals surface area contributed by atoms with Gasteiger partial charge in [-0.1, -0.05) is 26.0 Å². The van der Waals surface area contributed by atoms with E-state index < -0.39 is 0 Å². The maximum Gasteiger partial charge on any atom is 0.254 e. The van der Waals surface area contributed by atoms with Gasteiger partial charge in [0.2, 0.25) is 11.9 Å². The molecule has 0 bridgehead atoms. The zero-order chi connectivity index (χ0) is 28.8. The summed E-state index contributed by atoms with van der Waals surface area (Å²) in [4.78, 5) is 37.7. The van der Waals surface area contributed by atoms with Crippen molar-refractivity contribution < 1.29 is 9.59 Å². The molecule has 41 heavy (non-hydrogen) atoms. The number of nitrogens with one attached hydrogen (secondary N) is 2. The molecule has 0 spiro atoms. The molecule has 0 atom stereocenters. The molecule has 2 aromatic heterocycles. The fraction of sp³-hybridized carbons (Fsp3) is 0.367. The van der Waals surface area contributed by atoms with E-state index >= 15 is 0 Å². The van der Waals surface area contributed by atoms with Crippen molar-refractivity contribution in [1.29, 1.82) is 0 Å². The second-order valence-corrected chi connectivity index (χ2v) is 10.2. The van der Waals surface area contributed by atoms with E-state index in [-0.39, 0.29) is 5.91 Å². The standard InChI is InChI=1S/C30H37N9O2/c1-3-37(4-2)26-19-38(20-26)28(41)21-11-8-13-24(16-21)34-30-36-29(33-25-14-9-12-23(31)17-25)35-27-22(18-32-39(27)30)10-6-5-7-15-40/h8-9,11-18,26H,3-7,10,19-20,31H2,1-2H3,(H2,33,34,35,36). The van der Waals surface area contributed by atoms with Gasteiger partial charge in [-0.05, 0) is 68.8 Å². The molecule has 0 aliphatic carbocycles. The molecule has 1 aliphatic rings. The number of aldehydes is 1. The minimum Gasteiger partial charge on any atom is -0.399 e. The summed E-state index contributed by atoms with van der Waals surface area (Å²) in [6, 6.07) is 15.2. The molecule has 214 valence electrons. The number of nitrogen functional groups attached to an aromatic ring is 1. The van der Waals surface area contributed by atoms with Crippen LogP contribution in [0.5, 0.6) is 0 Å². The topological polar surface area (TPSA) is 134 Å². The molecule has 11 heteroatoms. The highest BCUT2D eigenvalue weighted by atomic mass is 16.2. The van der Waals surface area contributed by atoms with Gasteiger partial charge in [-0.15, -0.1) is 0 Å². The summed E-state index contributed by atoms with van der Waals surface area (Å²) in [5.41, 5.74) is 10.3. The quantitative estimate of drug-likeness (QED) is 0.126.